The van der Waals surface area contributed by atoms with E-state index in [0.29, 0.717) is 12.8 Å². The van der Waals surface area contributed by atoms with Crippen molar-refractivity contribution in [3.05, 3.63) is 17.5 Å². The van der Waals surface area contributed by atoms with Crippen LogP contribution in [0.4, 0.5) is 0 Å². The number of carbonyl (C=O) groups excluding carboxylic acids is 1. The first-order valence-electron chi connectivity index (χ1n) is 5.13. The largest absolute Gasteiger partial charge is 0.375 e. The molecule has 15 heavy (non-hydrogen) atoms. The van der Waals surface area contributed by atoms with Gasteiger partial charge in [-0.2, -0.15) is 5.10 Å². The number of carbonyl (C=O) groups is 1. The summed E-state index contributed by atoms with van der Waals surface area (Å²) in [6, 6.07) is 1.96. The van der Waals surface area contributed by atoms with Crippen LogP contribution in [-0.2, 0) is 16.6 Å². The first-order valence-corrected chi connectivity index (χ1v) is 5.13. The average molecular weight is 210 g/mol. The van der Waals surface area contributed by atoms with Crippen LogP contribution in [0.5, 0.6) is 0 Å². The molecule has 0 N–H and O–H groups in total. The van der Waals surface area contributed by atoms with E-state index in [0.717, 1.165) is 11.4 Å². The summed E-state index contributed by atoms with van der Waals surface area (Å²) >= 11 is 0. The van der Waals surface area contributed by atoms with E-state index in [-0.39, 0.29) is 11.9 Å². The van der Waals surface area contributed by atoms with Gasteiger partial charge in [-0.1, -0.05) is 6.92 Å². The molecule has 4 heteroatoms. The van der Waals surface area contributed by atoms with Crippen molar-refractivity contribution in [2.24, 2.45) is 7.05 Å². The number of hydrogen-bond donors (Lipinski definition) is 0. The Hall–Kier alpha value is -1.16. The molecule has 0 aliphatic rings. The number of aryl methyl sites for hydroxylation is 2. The number of ketones is 1. The summed E-state index contributed by atoms with van der Waals surface area (Å²) < 4.78 is 7.07. The summed E-state index contributed by atoms with van der Waals surface area (Å²) in [5.74, 6) is 0.199. The van der Waals surface area contributed by atoms with Crippen molar-refractivity contribution in [1.82, 2.24) is 9.78 Å². The normalized spacial score (nSPS) is 12.8. The molecular formula is C11H18N2O2. The first-order chi connectivity index (χ1) is 7.08. The maximum atomic E-state index is 11.3. The second-order valence-electron chi connectivity index (χ2n) is 3.65. The molecule has 0 aromatic carbocycles. The molecule has 0 fully saturated rings. The molecule has 0 bridgehead atoms. The van der Waals surface area contributed by atoms with E-state index in [9.17, 15) is 4.79 Å². The van der Waals surface area contributed by atoms with Crippen molar-refractivity contribution in [2.75, 3.05) is 7.11 Å². The second-order valence-corrected chi connectivity index (χ2v) is 3.65. The predicted molar refractivity (Wildman–Crippen MR) is 57.6 cm³/mol. The van der Waals surface area contributed by atoms with E-state index in [2.05, 4.69) is 5.10 Å². The zero-order chi connectivity index (χ0) is 11.4. The quantitative estimate of drug-likeness (QED) is 0.744. The lowest BCUT2D eigenvalue weighted by Crippen LogP contribution is -2.09. The van der Waals surface area contributed by atoms with Crippen LogP contribution in [0.25, 0.3) is 0 Å². The van der Waals surface area contributed by atoms with Gasteiger partial charge in [-0.3, -0.25) is 9.48 Å². The molecule has 1 aromatic heterocycles. The highest BCUT2D eigenvalue weighted by atomic mass is 16.5. The van der Waals surface area contributed by atoms with Gasteiger partial charge >= 0.3 is 0 Å². The number of Topliss-reactive ketones (excluding diaryl/α,β-unsaturated/α-hetero) is 1. The Balaban J connectivity index is 2.78. The summed E-state index contributed by atoms with van der Waals surface area (Å²) in [6.07, 6.45) is 0.743. The van der Waals surface area contributed by atoms with E-state index in [1.54, 1.807) is 11.8 Å². The van der Waals surface area contributed by atoms with Crippen molar-refractivity contribution in [3.8, 4) is 0 Å². The number of nitrogens with zero attached hydrogens (tertiary/aromatic N) is 2. The van der Waals surface area contributed by atoms with E-state index in [4.69, 9.17) is 4.74 Å². The lowest BCUT2D eigenvalue weighted by Gasteiger charge is -2.10. The molecule has 4 nitrogen and oxygen atoms in total. The molecule has 0 radical (unpaired) electrons. The second kappa shape index (κ2) is 5.07. The number of aromatic nitrogens is 2. The van der Waals surface area contributed by atoms with Crippen molar-refractivity contribution in [3.63, 3.8) is 0 Å². The topological polar surface area (TPSA) is 44.1 Å². The van der Waals surface area contributed by atoms with Crippen LogP contribution in [0.1, 0.15) is 37.3 Å². The van der Waals surface area contributed by atoms with Crippen molar-refractivity contribution in [2.45, 2.75) is 32.8 Å². The maximum absolute atomic E-state index is 11.3. The van der Waals surface area contributed by atoms with Gasteiger partial charge in [-0.25, -0.2) is 0 Å². The molecule has 0 spiro atoms. The third kappa shape index (κ3) is 2.89. The SMILES string of the molecule is CCC(=O)CC(OC)c1cc(C)n(C)n1. The summed E-state index contributed by atoms with van der Waals surface area (Å²) in [4.78, 5) is 11.3. The number of hydrogen-bond acceptors (Lipinski definition) is 3. The zero-order valence-corrected chi connectivity index (χ0v) is 9.78. The Labute approximate surface area is 90.2 Å². The Bertz CT molecular complexity index is 325. The van der Waals surface area contributed by atoms with Gasteiger partial charge in [0, 0.05) is 32.7 Å². The molecule has 1 unspecified atom stereocenters. The van der Waals surface area contributed by atoms with Crippen LogP contribution in [0.15, 0.2) is 6.07 Å². The Kier molecular flexibility index (Phi) is 4.03. The van der Waals surface area contributed by atoms with E-state index >= 15 is 0 Å². The fraction of sp³-hybridized carbons (Fsp3) is 0.636. The van der Waals surface area contributed by atoms with Crippen LogP contribution >= 0.6 is 0 Å². The smallest absolute Gasteiger partial charge is 0.135 e. The minimum Gasteiger partial charge on any atom is -0.375 e. The molecule has 1 rings (SSSR count). The van der Waals surface area contributed by atoms with Crippen molar-refractivity contribution >= 4 is 5.78 Å². The number of methoxy groups -OCH3 is 1. The van der Waals surface area contributed by atoms with Gasteiger partial charge < -0.3 is 4.74 Å². The highest BCUT2D eigenvalue weighted by Gasteiger charge is 2.17. The van der Waals surface area contributed by atoms with Crippen molar-refractivity contribution < 1.29 is 9.53 Å². The fourth-order valence-electron chi connectivity index (χ4n) is 1.41. The summed E-state index contributed by atoms with van der Waals surface area (Å²) in [5.41, 5.74) is 1.90. The van der Waals surface area contributed by atoms with Crippen LogP contribution in [0.3, 0.4) is 0 Å². The van der Waals surface area contributed by atoms with Crippen molar-refractivity contribution in [1.29, 1.82) is 0 Å². The monoisotopic (exact) mass is 210 g/mol. The van der Waals surface area contributed by atoms with Crippen LogP contribution < -0.4 is 0 Å². The Morgan fingerprint density at radius 3 is 2.73 bits per heavy atom. The lowest BCUT2D eigenvalue weighted by atomic mass is 10.1. The van der Waals surface area contributed by atoms with Gasteiger partial charge in [0.25, 0.3) is 0 Å². The summed E-state index contributed by atoms with van der Waals surface area (Å²) in [7, 11) is 3.49. The van der Waals surface area contributed by atoms with Gasteiger partial charge in [-0.05, 0) is 13.0 Å². The highest BCUT2D eigenvalue weighted by Crippen LogP contribution is 2.20. The van der Waals surface area contributed by atoms with Crippen LogP contribution in [0, 0.1) is 6.92 Å². The summed E-state index contributed by atoms with van der Waals surface area (Å²) in [6.45, 7) is 3.84. The molecule has 0 aliphatic carbocycles. The highest BCUT2D eigenvalue weighted by molar-refractivity contribution is 5.78. The maximum Gasteiger partial charge on any atom is 0.135 e. The third-order valence-electron chi connectivity index (χ3n) is 2.55. The van der Waals surface area contributed by atoms with Crippen LogP contribution in [-0.4, -0.2) is 22.7 Å². The molecule has 0 saturated heterocycles. The molecular weight excluding hydrogens is 192 g/mol. The zero-order valence-electron chi connectivity index (χ0n) is 9.78. The van der Waals surface area contributed by atoms with Gasteiger partial charge in [0.15, 0.2) is 0 Å². The molecule has 1 aromatic rings. The molecule has 1 atom stereocenters. The minimum absolute atomic E-state index is 0.199. The third-order valence-corrected chi connectivity index (χ3v) is 2.55. The molecule has 0 amide bonds. The Morgan fingerprint density at radius 1 is 1.67 bits per heavy atom. The predicted octanol–water partition coefficient (Wildman–Crippen LogP) is 1.79. The van der Waals surface area contributed by atoms with Crippen LogP contribution in [0.2, 0.25) is 0 Å². The summed E-state index contributed by atoms with van der Waals surface area (Å²) in [5, 5.41) is 4.31. The van der Waals surface area contributed by atoms with Gasteiger partial charge in [0.2, 0.25) is 0 Å². The fourth-order valence-corrected chi connectivity index (χ4v) is 1.41. The van der Waals surface area contributed by atoms with Gasteiger partial charge in [-0.15, -0.1) is 0 Å². The number of rotatable bonds is 5. The van der Waals surface area contributed by atoms with E-state index < -0.39 is 0 Å². The molecule has 0 aliphatic heterocycles. The molecule has 0 saturated carbocycles. The first kappa shape index (κ1) is 11.9. The van der Waals surface area contributed by atoms with Gasteiger partial charge in [0.05, 0.1) is 5.69 Å². The minimum atomic E-state index is -0.211. The van der Waals surface area contributed by atoms with Gasteiger partial charge in [0.1, 0.15) is 11.9 Å². The molecule has 84 valence electrons. The van der Waals surface area contributed by atoms with E-state index in [1.165, 1.54) is 0 Å². The average Bonchev–Trinajstić information content (AvgIpc) is 2.55. The standard InChI is InChI=1S/C11H18N2O2/c1-5-9(14)7-11(15-4)10-6-8(2)13(3)12-10/h6,11H,5,7H2,1-4H3. The molecule has 1 heterocycles. The lowest BCUT2D eigenvalue weighted by molar-refractivity contribution is -0.121. The Morgan fingerprint density at radius 2 is 2.33 bits per heavy atom. The van der Waals surface area contributed by atoms with E-state index in [1.807, 2.05) is 27.0 Å². The number of ether oxygens (including phenoxy) is 1.